The summed E-state index contributed by atoms with van der Waals surface area (Å²) >= 11 is 1.52. The molecule has 0 amide bonds. The molecule has 5 heteroatoms. The first-order valence-electron chi connectivity index (χ1n) is 4.38. The van der Waals surface area contributed by atoms with Crippen LogP contribution in [0.4, 0.5) is 5.00 Å². The highest BCUT2D eigenvalue weighted by molar-refractivity contribution is 7.10. The molecule has 1 fully saturated rings. The van der Waals surface area contributed by atoms with Gasteiger partial charge in [-0.25, -0.2) is 0 Å². The van der Waals surface area contributed by atoms with Gasteiger partial charge < -0.3 is 15.4 Å². The molecule has 1 saturated heterocycles. The van der Waals surface area contributed by atoms with Crippen LogP contribution in [0.25, 0.3) is 0 Å². The minimum atomic E-state index is 0.529. The van der Waals surface area contributed by atoms with Gasteiger partial charge in [0.25, 0.3) is 0 Å². The Morgan fingerprint density at radius 2 is 2.31 bits per heavy atom. The third-order valence-electron chi connectivity index (χ3n) is 2.08. The van der Waals surface area contributed by atoms with E-state index in [-0.39, 0.29) is 0 Å². The number of rotatable bonds is 2. The average molecular weight is 199 g/mol. The molecule has 1 aromatic heterocycles. The van der Waals surface area contributed by atoms with Gasteiger partial charge in [-0.1, -0.05) is 0 Å². The molecule has 1 aliphatic rings. The molecule has 0 radical (unpaired) electrons. The van der Waals surface area contributed by atoms with E-state index in [1.165, 1.54) is 16.5 Å². The van der Waals surface area contributed by atoms with E-state index in [0.29, 0.717) is 6.54 Å². The Kier molecular flexibility index (Phi) is 2.77. The lowest BCUT2D eigenvalue weighted by atomic mass is 10.4. The summed E-state index contributed by atoms with van der Waals surface area (Å²) in [6.45, 7) is 4.09. The van der Waals surface area contributed by atoms with Crippen LogP contribution in [-0.4, -0.2) is 30.7 Å². The summed E-state index contributed by atoms with van der Waals surface area (Å²) in [6.07, 6.45) is 0. The van der Waals surface area contributed by atoms with Crippen molar-refractivity contribution in [3.05, 3.63) is 11.8 Å². The predicted octanol–water partition coefficient (Wildman–Crippen LogP) is 0.438. The van der Waals surface area contributed by atoms with Crippen molar-refractivity contribution in [3.8, 4) is 0 Å². The van der Waals surface area contributed by atoms with Gasteiger partial charge in [-0.05, 0) is 17.6 Å². The topological polar surface area (TPSA) is 51.4 Å². The van der Waals surface area contributed by atoms with Crippen molar-refractivity contribution >= 4 is 16.5 Å². The van der Waals surface area contributed by atoms with Crippen LogP contribution in [-0.2, 0) is 11.3 Å². The molecule has 0 aromatic carbocycles. The van der Waals surface area contributed by atoms with Gasteiger partial charge in [0.05, 0.1) is 18.9 Å². The van der Waals surface area contributed by atoms with E-state index in [1.54, 1.807) is 0 Å². The maximum atomic E-state index is 5.49. The number of aromatic nitrogens is 1. The van der Waals surface area contributed by atoms with Gasteiger partial charge in [0.15, 0.2) is 0 Å². The lowest BCUT2D eigenvalue weighted by Crippen LogP contribution is -2.35. The Morgan fingerprint density at radius 1 is 1.54 bits per heavy atom. The van der Waals surface area contributed by atoms with Crippen LogP contribution in [0.3, 0.4) is 0 Å². The Balaban J connectivity index is 2.05. The van der Waals surface area contributed by atoms with Crippen LogP contribution in [0.5, 0.6) is 0 Å². The minimum absolute atomic E-state index is 0.529. The summed E-state index contributed by atoms with van der Waals surface area (Å²) in [6, 6.07) is 2.07. The van der Waals surface area contributed by atoms with Gasteiger partial charge in [-0.3, -0.25) is 0 Å². The van der Waals surface area contributed by atoms with Gasteiger partial charge in [-0.2, -0.15) is 4.37 Å². The van der Waals surface area contributed by atoms with Crippen molar-refractivity contribution in [3.63, 3.8) is 0 Å². The second-order valence-electron chi connectivity index (χ2n) is 2.96. The van der Waals surface area contributed by atoms with Gasteiger partial charge in [-0.15, -0.1) is 0 Å². The largest absolute Gasteiger partial charge is 0.378 e. The predicted molar refractivity (Wildman–Crippen MR) is 53.0 cm³/mol. The normalized spacial score (nSPS) is 17.8. The number of nitrogens with zero attached hydrogens (tertiary/aromatic N) is 2. The smallest absolute Gasteiger partial charge is 0.112 e. The molecule has 2 rings (SSSR count). The van der Waals surface area contributed by atoms with Gasteiger partial charge >= 0.3 is 0 Å². The average Bonchev–Trinajstić information content (AvgIpc) is 2.67. The monoisotopic (exact) mass is 199 g/mol. The fourth-order valence-corrected chi connectivity index (χ4v) is 2.15. The fourth-order valence-electron chi connectivity index (χ4n) is 1.33. The molecular weight excluding hydrogens is 186 g/mol. The molecule has 1 aromatic rings. The van der Waals surface area contributed by atoms with Crippen LogP contribution in [0, 0.1) is 0 Å². The first kappa shape index (κ1) is 8.93. The van der Waals surface area contributed by atoms with Crippen molar-refractivity contribution in [1.29, 1.82) is 0 Å². The van der Waals surface area contributed by atoms with Crippen LogP contribution in [0.15, 0.2) is 6.07 Å². The van der Waals surface area contributed by atoms with Gasteiger partial charge in [0.1, 0.15) is 5.00 Å². The summed E-state index contributed by atoms with van der Waals surface area (Å²) < 4.78 is 9.52. The highest BCUT2D eigenvalue weighted by Gasteiger charge is 2.13. The molecule has 0 bridgehead atoms. The zero-order valence-corrected chi connectivity index (χ0v) is 8.22. The van der Waals surface area contributed by atoms with Gasteiger partial charge in [0.2, 0.25) is 0 Å². The lowest BCUT2D eigenvalue weighted by Gasteiger charge is -2.26. The van der Waals surface area contributed by atoms with E-state index in [1.807, 2.05) is 0 Å². The van der Waals surface area contributed by atoms with Crippen molar-refractivity contribution in [2.45, 2.75) is 6.54 Å². The second-order valence-corrected chi connectivity index (χ2v) is 3.74. The molecule has 2 heterocycles. The van der Waals surface area contributed by atoms with E-state index in [4.69, 9.17) is 10.5 Å². The van der Waals surface area contributed by atoms with E-state index in [2.05, 4.69) is 15.3 Å². The molecular formula is C8H13N3OS. The van der Waals surface area contributed by atoms with Gasteiger partial charge in [0, 0.05) is 19.6 Å². The maximum Gasteiger partial charge on any atom is 0.112 e. The fraction of sp³-hybridized carbons (Fsp3) is 0.625. The molecule has 0 unspecified atom stereocenters. The molecule has 2 N–H and O–H groups in total. The third kappa shape index (κ3) is 1.99. The quantitative estimate of drug-likeness (QED) is 0.751. The molecule has 0 saturated carbocycles. The Morgan fingerprint density at radius 3 is 2.92 bits per heavy atom. The summed E-state index contributed by atoms with van der Waals surface area (Å²) in [5.41, 5.74) is 6.47. The highest BCUT2D eigenvalue weighted by atomic mass is 32.1. The molecule has 0 aliphatic carbocycles. The lowest BCUT2D eigenvalue weighted by molar-refractivity contribution is 0.123. The number of ether oxygens (including phenoxy) is 1. The highest BCUT2D eigenvalue weighted by Crippen LogP contribution is 2.22. The number of hydrogen-bond acceptors (Lipinski definition) is 5. The number of hydrogen-bond donors (Lipinski definition) is 1. The van der Waals surface area contributed by atoms with Crippen molar-refractivity contribution in [2.75, 3.05) is 31.2 Å². The molecule has 72 valence electrons. The summed E-state index contributed by atoms with van der Waals surface area (Å²) in [4.78, 5) is 2.29. The standard InChI is InChI=1S/C8H13N3OS/c9-6-7-5-8(13-10-7)11-1-3-12-4-2-11/h5H,1-4,6,9H2. The second kappa shape index (κ2) is 4.04. The first-order valence-corrected chi connectivity index (χ1v) is 5.16. The van der Waals surface area contributed by atoms with Crippen molar-refractivity contribution in [1.82, 2.24) is 4.37 Å². The maximum absolute atomic E-state index is 5.49. The summed E-state index contributed by atoms with van der Waals surface area (Å²) in [5.74, 6) is 0. The summed E-state index contributed by atoms with van der Waals surface area (Å²) in [7, 11) is 0. The van der Waals surface area contributed by atoms with E-state index >= 15 is 0 Å². The molecule has 13 heavy (non-hydrogen) atoms. The minimum Gasteiger partial charge on any atom is -0.378 e. The Hall–Kier alpha value is -0.650. The zero-order valence-electron chi connectivity index (χ0n) is 7.40. The Labute approximate surface area is 81.5 Å². The molecule has 4 nitrogen and oxygen atoms in total. The zero-order chi connectivity index (χ0) is 9.10. The van der Waals surface area contributed by atoms with Crippen LogP contribution >= 0.6 is 11.5 Å². The van der Waals surface area contributed by atoms with Crippen LogP contribution < -0.4 is 10.6 Å². The Bertz CT molecular complexity index is 270. The number of nitrogens with two attached hydrogens (primary N) is 1. The molecule has 1 aliphatic heterocycles. The van der Waals surface area contributed by atoms with E-state index in [0.717, 1.165) is 32.0 Å². The number of anilines is 1. The van der Waals surface area contributed by atoms with E-state index < -0.39 is 0 Å². The number of morpholine rings is 1. The SMILES string of the molecule is NCc1cc(N2CCOCC2)sn1. The molecule has 0 spiro atoms. The third-order valence-corrected chi connectivity index (χ3v) is 2.97. The first-order chi connectivity index (χ1) is 6.40. The van der Waals surface area contributed by atoms with Crippen molar-refractivity contribution < 1.29 is 4.74 Å². The van der Waals surface area contributed by atoms with Crippen molar-refractivity contribution in [2.24, 2.45) is 5.73 Å². The summed E-state index contributed by atoms with van der Waals surface area (Å²) in [5, 5.41) is 1.21. The van der Waals surface area contributed by atoms with E-state index in [9.17, 15) is 0 Å². The van der Waals surface area contributed by atoms with Crippen LogP contribution in [0.2, 0.25) is 0 Å². The molecule has 0 atom stereocenters. The van der Waals surface area contributed by atoms with Crippen LogP contribution in [0.1, 0.15) is 5.69 Å².